The van der Waals surface area contributed by atoms with Gasteiger partial charge in [-0.1, -0.05) is 255 Å². The Morgan fingerprint density at radius 2 is 0.841 bits per heavy atom. The smallest absolute Gasteiger partial charge is 0.387 e. The normalized spacial score (nSPS) is 14.2. The summed E-state index contributed by atoms with van der Waals surface area (Å²) in [5.74, 6) is -0.185. The van der Waals surface area contributed by atoms with Gasteiger partial charge >= 0.3 is 7.82 Å². The third-order valence-electron chi connectivity index (χ3n) is 13.3. The van der Waals surface area contributed by atoms with Crippen LogP contribution < -0.4 is 5.32 Å². The van der Waals surface area contributed by atoms with E-state index in [1.165, 1.54) is 212 Å². The van der Waals surface area contributed by atoms with Gasteiger partial charge in [-0.05, 0) is 64.2 Å². The van der Waals surface area contributed by atoms with Crippen LogP contribution in [-0.2, 0) is 18.4 Å². The second-order valence-electron chi connectivity index (χ2n) is 21.4. The number of unbranched alkanes of at least 4 members (excludes halogenated alkanes) is 35. The number of hydrogen-bond donors (Lipinski definition) is 3. The molecule has 9 heteroatoms. The molecule has 3 unspecified atom stereocenters. The Kier molecular flexibility index (Phi) is 50.2. The number of amides is 1. The minimum Gasteiger partial charge on any atom is -0.387 e. The maximum Gasteiger partial charge on any atom is 0.472 e. The molecule has 0 aromatic rings. The SMILES string of the molecule is CCCCCCCCCCC/C=C\C/C=C\CCCCCCCCCCCCCCCCCC(=O)NC(COP(=O)(O)OCC[N+](C)(C)C)C(O)/C=C/CC/C=C/CCCCCCCCCCCC. The average molecular weight is 993 g/mol. The number of allylic oxidation sites excluding steroid dienone is 7. The first-order valence-electron chi connectivity index (χ1n) is 29.5. The molecule has 0 aliphatic heterocycles. The number of phosphoric acid groups is 1. The lowest BCUT2D eigenvalue weighted by Crippen LogP contribution is -2.45. The van der Waals surface area contributed by atoms with Crippen LogP contribution in [0.15, 0.2) is 48.6 Å². The number of rotatable bonds is 54. The van der Waals surface area contributed by atoms with Gasteiger partial charge in [0, 0.05) is 6.42 Å². The van der Waals surface area contributed by atoms with E-state index in [-0.39, 0.29) is 19.1 Å². The maximum absolute atomic E-state index is 13.0. The molecule has 69 heavy (non-hydrogen) atoms. The fourth-order valence-corrected chi connectivity index (χ4v) is 9.36. The van der Waals surface area contributed by atoms with Crippen molar-refractivity contribution in [1.29, 1.82) is 0 Å². The largest absolute Gasteiger partial charge is 0.472 e. The topological polar surface area (TPSA) is 105 Å². The van der Waals surface area contributed by atoms with E-state index in [4.69, 9.17) is 9.05 Å². The standard InChI is InChI=1S/C60H115N2O6P/c1-6-8-10-12-14-16-18-20-22-24-25-26-27-28-29-30-31-32-33-34-35-36-37-38-40-42-44-46-48-50-52-54-60(64)61-58(57-68-69(65,66)67-56-55-62(3,4)5)59(63)53-51-49-47-45-43-41-39-23-21-19-17-15-13-11-9-7-2/h25-26,28-29,43,45,51,53,58-59,63H,6-24,27,30-42,44,46-50,52,54-57H2,1-5H3,(H-,61,64,65,66)/p+1/b26-25-,29-28-,45-43+,53-51+. The van der Waals surface area contributed by atoms with Crippen LogP contribution in [0.25, 0.3) is 0 Å². The molecular weight excluding hydrogens is 876 g/mol. The molecule has 8 nitrogen and oxygen atoms in total. The van der Waals surface area contributed by atoms with Gasteiger partial charge in [0.2, 0.25) is 5.91 Å². The lowest BCUT2D eigenvalue weighted by Gasteiger charge is -2.25. The molecule has 0 heterocycles. The quantitative estimate of drug-likeness (QED) is 0.0243. The van der Waals surface area contributed by atoms with Crippen LogP contribution >= 0.6 is 7.82 Å². The zero-order valence-corrected chi connectivity index (χ0v) is 47.2. The molecule has 0 bridgehead atoms. The van der Waals surface area contributed by atoms with Crippen molar-refractivity contribution in [3.8, 4) is 0 Å². The molecule has 0 spiro atoms. The highest BCUT2D eigenvalue weighted by Crippen LogP contribution is 2.43. The lowest BCUT2D eigenvalue weighted by molar-refractivity contribution is -0.870. The summed E-state index contributed by atoms with van der Waals surface area (Å²) in [7, 11) is 1.56. The maximum atomic E-state index is 13.0. The van der Waals surface area contributed by atoms with E-state index in [9.17, 15) is 19.4 Å². The van der Waals surface area contributed by atoms with Crippen molar-refractivity contribution in [3.05, 3.63) is 48.6 Å². The van der Waals surface area contributed by atoms with E-state index in [0.29, 0.717) is 17.4 Å². The molecule has 0 aliphatic rings. The Hall–Kier alpha value is -1.54. The molecule has 0 saturated heterocycles. The molecule has 0 aliphatic carbocycles. The number of carbonyl (C=O) groups is 1. The molecule has 406 valence electrons. The summed E-state index contributed by atoms with van der Waals surface area (Å²) >= 11 is 0. The third-order valence-corrected chi connectivity index (χ3v) is 14.3. The summed E-state index contributed by atoms with van der Waals surface area (Å²) < 4.78 is 23.7. The number of quaternary nitrogens is 1. The molecular formula is C60H116N2O6P+. The van der Waals surface area contributed by atoms with Gasteiger partial charge < -0.3 is 19.8 Å². The van der Waals surface area contributed by atoms with Crippen LogP contribution in [0.1, 0.15) is 277 Å². The van der Waals surface area contributed by atoms with E-state index in [0.717, 1.165) is 44.9 Å². The summed E-state index contributed by atoms with van der Waals surface area (Å²) in [6.45, 7) is 4.81. The molecule has 0 fully saturated rings. The molecule has 0 radical (unpaired) electrons. The van der Waals surface area contributed by atoms with Crippen molar-refractivity contribution in [1.82, 2.24) is 5.32 Å². The summed E-state index contributed by atoms with van der Waals surface area (Å²) in [6.07, 6.45) is 68.0. The fourth-order valence-electron chi connectivity index (χ4n) is 8.62. The summed E-state index contributed by atoms with van der Waals surface area (Å²) in [4.78, 5) is 23.3. The number of aliphatic hydroxyl groups is 1. The Morgan fingerprint density at radius 1 is 0.493 bits per heavy atom. The van der Waals surface area contributed by atoms with E-state index in [1.54, 1.807) is 6.08 Å². The predicted molar refractivity (Wildman–Crippen MR) is 300 cm³/mol. The van der Waals surface area contributed by atoms with Gasteiger partial charge in [0.15, 0.2) is 0 Å². The lowest BCUT2D eigenvalue weighted by atomic mass is 10.0. The van der Waals surface area contributed by atoms with E-state index in [2.05, 4.69) is 55.6 Å². The zero-order valence-electron chi connectivity index (χ0n) is 46.3. The number of phosphoric ester groups is 1. The van der Waals surface area contributed by atoms with Crippen molar-refractivity contribution < 1.29 is 32.9 Å². The molecule has 1 amide bonds. The van der Waals surface area contributed by atoms with Gasteiger partial charge in [-0.3, -0.25) is 13.8 Å². The highest BCUT2D eigenvalue weighted by molar-refractivity contribution is 7.47. The summed E-state index contributed by atoms with van der Waals surface area (Å²) in [5, 5.41) is 13.9. The van der Waals surface area contributed by atoms with E-state index < -0.39 is 20.0 Å². The number of nitrogens with one attached hydrogen (secondary N) is 1. The number of hydrogen-bond acceptors (Lipinski definition) is 5. The minimum absolute atomic E-state index is 0.0561. The van der Waals surface area contributed by atoms with Gasteiger partial charge in [0.1, 0.15) is 13.2 Å². The van der Waals surface area contributed by atoms with Crippen LogP contribution in [0.4, 0.5) is 0 Å². The van der Waals surface area contributed by atoms with Gasteiger partial charge in [-0.25, -0.2) is 4.57 Å². The van der Waals surface area contributed by atoms with Crippen molar-refractivity contribution >= 4 is 13.7 Å². The van der Waals surface area contributed by atoms with Crippen LogP contribution in [0.2, 0.25) is 0 Å². The van der Waals surface area contributed by atoms with Gasteiger partial charge in [0.05, 0.1) is 39.9 Å². The van der Waals surface area contributed by atoms with Gasteiger partial charge in [-0.2, -0.15) is 0 Å². The second-order valence-corrected chi connectivity index (χ2v) is 22.8. The number of nitrogens with zero attached hydrogens (tertiary/aromatic N) is 1. The molecule has 0 rings (SSSR count). The van der Waals surface area contributed by atoms with Crippen LogP contribution in [0.5, 0.6) is 0 Å². The van der Waals surface area contributed by atoms with Crippen molar-refractivity contribution in [3.63, 3.8) is 0 Å². The molecule has 0 aromatic heterocycles. The molecule has 3 N–H and O–H groups in total. The Bertz CT molecular complexity index is 1260. The fraction of sp³-hybridized carbons (Fsp3) is 0.850. The minimum atomic E-state index is -4.35. The monoisotopic (exact) mass is 992 g/mol. The highest BCUT2D eigenvalue weighted by Gasteiger charge is 2.27. The van der Waals surface area contributed by atoms with Crippen LogP contribution in [0.3, 0.4) is 0 Å². The first kappa shape index (κ1) is 67.5. The number of aliphatic hydroxyl groups excluding tert-OH is 1. The van der Waals surface area contributed by atoms with Crippen LogP contribution in [-0.4, -0.2) is 73.4 Å². The summed E-state index contributed by atoms with van der Waals surface area (Å²) in [5.41, 5.74) is 0. The zero-order chi connectivity index (χ0) is 50.6. The van der Waals surface area contributed by atoms with Crippen LogP contribution in [0, 0.1) is 0 Å². The first-order chi connectivity index (χ1) is 33.5. The Balaban J connectivity index is 4.12. The molecule has 0 saturated carbocycles. The Labute approximate surface area is 429 Å². The van der Waals surface area contributed by atoms with Crippen molar-refractivity contribution in [2.24, 2.45) is 0 Å². The second kappa shape index (κ2) is 51.4. The predicted octanol–water partition coefficient (Wildman–Crippen LogP) is 17.9. The van der Waals surface area contributed by atoms with Gasteiger partial charge in [0.25, 0.3) is 0 Å². The number of likely N-dealkylation sites (N-methyl/N-ethyl adjacent to an activating group) is 1. The molecule has 0 aromatic carbocycles. The van der Waals surface area contributed by atoms with E-state index in [1.807, 2.05) is 27.2 Å². The first-order valence-corrected chi connectivity index (χ1v) is 31.0. The highest BCUT2D eigenvalue weighted by atomic mass is 31.2. The average Bonchev–Trinajstić information content (AvgIpc) is 3.31. The number of carbonyl (C=O) groups excluding carboxylic acids is 1. The summed E-state index contributed by atoms with van der Waals surface area (Å²) in [6, 6.07) is -0.864. The van der Waals surface area contributed by atoms with Crippen molar-refractivity contribution in [2.75, 3.05) is 40.9 Å². The van der Waals surface area contributed by atoms with E-state index >= 15 is 0 Å². The van der Waals surface area contributed by atoms with Gasteiger partial charge in [-0.15, -0.1) is 0 Å². The Morgan fingerprint density at radius 3 is 1.25 bits per heavy atom. The van der Waals surface area contributed by atoms with Crippen molar-refractivity contribution in [2.45, 2.75) is 289 Å². The molecule has 3 atom stereocenters. The third kappa shape index (κ3) is 54.1.